The van der Waals surface area contributed by atoms with Crippen molar-refractivity contribution >= 4 is 34.8 Å². The predicted molar refractivity (Wildman–Crippen MR) is 81.4 cm³/mol. The second-order valence-corrected chi connectivity index (χ2v) is 7.00. The molecule has 0 bridgehead atoms. The lowest BCUT2D eigenvalue weighted by molar-refractivity contribution is -0.119. The molecule has 0 radical (unpaired) electrons. The molecule has 1 aliphatic heterocycles. The van der Waals surface area contributed by atoms with Crippen LogP contribution in [0.3, 0.4) is 0 Å². The Morgan fingerprint density at radius 2 is 2.11 bits per heavy atom. The molecule has 4 heteroatoms. The van der Waals surface area contributed by atoms with Gasteiger partial charge in [0, 0.05) is 16.2 Å². The molecule has 0 fully saturated rings. The lowest BCUT2D eigenvalue weighted by Crippen LogP contribution is -2.53. The van der Waals surface area contributed by atoms with Crippen molar-refractivity contribution in [2.45, 2.75) is 50.9 Å². The molecule has 1 heterocycles. The first-order chi connectivity index (χ1) is 8.74. The summed E-state index contributed by atoms with van der Waals surface area (Å²) in [6.45, 7) is 8.05. The van der Waals surface area contributed by atoms with Crippen molar-refractivity contribution in [1.29, 1.82) is 0 Å². The van der Waals surface area contributed by atoms with Crippen LogP contribution < -0.4 is 4.90 Å². The summed E-state index contributed by atoms with van der Waals surface area (Å²) in [4.78, 5) is 14.3. The van der Waals surface area contributed by atoms with Gasteiger partial charge in [0.15, 0.2) is 0 Å². The molecule has 1 aromatic carbocycles. The van der Waals surface area contributed by atoms with E-state index in [1.807, 2.05) is 23.1 Å². The monoisotopic (exact) mass is 299 g/mol. The van der Waals surface area contributed by atoms with Gasteiger partial charge in [-0.2, -0.15) is 0 Å². The second-order valence-electron chi connectivity index (χ2n) is 5.91. The Hall–Kier alpha value is -0.730. The number of carbonyl (C=O) groups excluding carboxylic acids is 1. The standard InChI is InChI=1S/C15H19Cl2NO/c1-9-8-15(3,4)18(14(19)10(2)16)13-6-5-11(17)7-12(9)13/h5-7,9-10H,8H2,1-4H3/t9-,10-/m0/s1. The number of rotatable bonds is 1. The molecule has 2 nitrogen and oxygen atoms in total. The first kappa shape index (κ1) is 14.7. The fraction of sp³-hybridized carbons (Fsp3) is 0.533. The Morgan fingerprint density at radius 1 is 1.47 bits per heavy atom. The van der Waals surface area contributed by atoms with Crippen molar-refractivity contribution in [2.24, 2.45) is 0 Å². The predicted octanol–water partition coefficient (Wildman–Crippen LogP) is 4.59. The molecule has 19 heavy (non-hydrogen) atoms. The number of halogens is 2. The van der Waals surface area contributed by atoms with Gasteiger partial charge in [0.05, 0.1) is 0 Å². The van der Waals surface area contributed by atoms with Gasteiger partial charge in [0.2, 0.25) is 5.91 Å². The first-order valence-corrected chi connectivity index (χ1v) is 7.33. The fourth-order valence-electron chi connectivity index (χ4n) is 3.00. The lowest BCUT2D eigenvalue weighted by atomic mass is 9.80. The van der Waals surface area contributed by atoms with E-state index in [0.717, 1.165) is 17.7 Å². The van der Waals surface area contributed by atoms with Crippen molar-refractivity contribution in [3.63, 3.8) is 0 Å². The molecular weight excluding hydrogens is 281 g/mol. The minimum Gasteiger partial charge on any atom is -0.305 e. The summed E-state index contributed by atoms with van der Waals surface area (Å²) in [6.07, 6.45) is 0.899. The zero-order chi connectivity index (χ0) is 14.4. The third-order valence-corrected chi connectivity index (χ3v) is 4.15. The topological polar surface area (TPSA) is 20.3 Å². The van der Waals surface area contributed by atoms with Crippen LogP contribution in [0.25, 0.3) is 0 Å². The van der Waals surface area contributed by atoms with E-state index in [4.69, 9.17) is 23.2 Å². The number of nitrogens with zero attached hydrogens (tertiary/aromatic N) is 1. The molecule has 0 aromatic heterocycles. The van der Waals surface area contributed by atoms with Crippen molar-refractivity contribution in [2.75, 3.05) is 4.90 Å². The average molecular weight is 300 g/mol. The van der Waals surface area contributed by atoms with Crippen LogP contribution in [-0.2, 0) is 4.79 Å². The molecule has 2 atom stereocenters. The Morgan fingerprint density at radius 3 is 2.68 bits per heavy atom. The van der Waals surface area contributed by atoms with Crippen LogP contribution in [0.15, 0.2) is 18.2 Å². The number of amides is 1. The van der Waals surface area contributed by atoms with Crippen LogP contribution in [0.2, 0.25) is 5.02 Å². The fourth-order valence-corrected chi connectivity index (χ4v) is 3.27. The van der Waals surface area contributed by atoms with Crippen LogP contribution in [-0.4, -0.2) is 16.8 Å². The zero-order valence-electron chi connectivity index (χ0n) is 11.7. The number of hydrogen-bond acceptors (Lipinski definition) is 1. The number of carbonyl (C=O) groups is 1. The highest BCUT2D eigenvalue weighted by atomic mass is 35.5. The van der Waals surface area contributed by atoms with E-state index in [2.05, 4.69) is 20.8 Å². The molecule has 0 saturated carbocycles. The largest absolute Gasteiger partial charge is 0.305 e. The molecule has 0 saturated heterocycles. The smallest absolute Gasteiger partial charge is 0.245 e. The number of alkyl halides is 1. The molecule has 104 valence electrons. The Balaban J connectivity index is 2.58. The molecular formula is C15H19Cl2NO. The summed E-state index contributed by atoms with van der Waals surface area (Å²) in [5.74, 6) is 0.320. The maximum absolute atomic E-state index is 12.4. The van der Waals surface area contributed by atoms with E-state index >= 15 is 0 Å². The van der Waals surface area contributed by atoms with E-state index in [-0.39, 0.29) is 11.4 Å². The maximum Gasteiger partial charge on any atom is 0.245 e. The van der Waals surface area contributed by atoms with E-state index < -0.39 is 5.38 Å². The third-order valence-electron chi connectivity index (χ3n) is 3.73. The zero-order valence-corrected chi connectivity index (χ0v) is 13.2. The van der Waals surface area contributed by atoms with Gasteiger partial charge in [0.1, 0.15) is 5.38 Å². The SMILES string of the molecule is C[C@H](Cl)C(=O)N1c2ccc(Cl)cc2[C@@H](C)CC1(C)C. The van der Waals surface area contributed by atoms with E-state index in [1.54, 1.807) is 6.92 Å². The number of hydrogen-bond donors (Lipinski definition) is 0. The average Bonchev–Trinajstić information content (AvgIpc) is 2.28. The summed E-state index contributed by atoms with van der Waals surface area (Å²) in [7, 11) is 0. The quantitative estimate of drug-likeness (QED) is 0.695. The maximum atomic E-state index is 12.4. The van der Waals surface area contributed by atoms with Gasteiger partial charge in [-0.25, -0.2) is 0 Å². The minimum atomic E-state index is -0.531. The molecule has 0 aliphatic carbocycles. The summed E-state index contributed by atoms with van der Waals surface area (Å²) in [5, 5.41) is 0.174. The van der Waals surface area contributed by atoms with Crippen LogP contribution in [0, 0.1) is 0 Å². The van der Waals surface area contributed by atoms with Crippen LogP contribution in [0.5, 0.6) is 0 Å². The number of anilines is 1. The molecule has 1 aliphatic rings. The molecule has 1 amide bonds. The highest BCUT2D eigenvalue weighted by Crippen LogP contribution is 2.44. The van der Waals surface area contributed by atoms with Crippen molar-refractivity contribution < 1.29 is 4.79 Å². The van der Waals surface area contributed by atoms with Crippen LogP contribution in [0.1, 0.15) is 45.6 Å². The Kier molecular flexibility index (Phi) is 3.85. The Bertz CT molecular complexity index is 511. The number of fused-ring (bicyclic) bond motifs is 1. The second kappa shape index (κ2) is 4.99. The normalized spacial score (nSPS) is 22.8. The number of benzene rings is 1. The minimum absolute atomic E-state index is 0.0536. The van der Waals surface area contributed by atoms with E-state index in [9.17, 15) is 4.79 Å². The molecule has 1 aromatic rings. The van der Waals surface area contributed by atoms with Gasteiger partial charge in [-0.15, -0.1) is 11.6 Å². The van der Waals surface area contributed by atoms with Gasteiger partial charge in [-0.3, -0.25) is 4.79 Å². The highest BCUT2D eigenvalue weighted by molar-refractivity contribution is 6.33. The molecule has 0 N–H and O–H groups in total. The van der Waals surface area contributed by atoms with Crippen molar-refractivity contribution in [3.05, 3.63) is 28.8 Å². The first-order valence-electron chi connectivity index (χ1n) is 6.51. The molecule has 2 rings (SSSR count). The summed E-state index contributed by atoms with van der Waals surface area (Å²) >= 11 is 12.1. The molecule has 0 spiro atoms. The van der Waals surface area contributed by atoms with Gasteiger partial charge < -0.3 is 4.90 Å². The summed E-state index contributed by atoms with van der Waals surface area (Å²) in [6, 6.07) is 5.70. The third kappa shape index (κ3) is 2.61. The van der Waals surface area contributed by atoms with Crippen molar-refractivity contribution in [3.8, 4) is 0 Å². The van der Waals surface area contributed by atoms with E-state index in [0.29, 0.717) is 10.9 Å². The highest BCUT2D eigenvalue weighted by Gasteiger charge is 2.40. The van der Waals surface area contributed by atoms with Gasteiger partial charge >= 0.3 is 0 Å². The van der Waals surface area contributed by atoms with Crippen molar-refractivity contribution in [1.82, 2.24) is 0 Å². The van der Waals surface area contributed by atoms with Crippen LogP contribution >= 0.6 is 23.2 Å². The Labute approximate surface area is 124 Å². The van der Waals surface area contributed by atoms with Gasteiger partial charge in [-0.1, -0.05) is 18.5 Å². The van der Waals surface area contributed by atoms with Crippen LogP contribution in [0.4, 0.5) is 5.69 Å². The van der Waals surface area contributed by atoms with Gasteiger partial charge in [0.25, 0.3) is 0 Å². The van der Waals surface area contributed by atoms with E-state index in [1.165, 1.54) is 0 Å². The van der Waals surface area contributed by atoms with Gasteiger partial charge in [-0.05, 0) is 56.9 Å². The molecule has 0 unspecified atom stereocenters. The summed E-state index contributed by atoms with van der Waals surface area (Å²) in [5.41, 5.74) is 1.82. The lowest BCUT2D eigenvalue weighted by Gasteiger charge is -2.46. The summed E-state index contributed by atoms with van der Waals surface area (Å²) < 4.78 is 0.